The molecule has 2 rings (SSSR count). The van der Waals surface area contributed by atoms with Gasteiger partial charge in [0, 0.05) is 13.3 Å². The molecule has 0 bridgehead atoms. The molecule has 1 saturated heterocycles. The topological polar surface area (TPSA) is 59.2 Å². The molecule has 0 saturated carbocycles. The van der Waals surface area contributed by atoms with E-state index >= 15 is 0 Å². The molecule has 0 N–H and O–H groups in total. The minimum absolute atomic E-state index is 0.131. The van der Waals surface area contributed by atoms with Crippen molar-refractivity contribution in [2.24, 2.45) is 5.92 Å². The van der Waals surface area contributed by atoms with Crippen LogP contribution in [-0.4, -0.2) is 40.5 Å². The number of carbonyl (C=O) groups excluding carboxylic acids is 1. The first-order valence-corrected chi connectivity index (χ1v) is 6.25. The van der Waals surface area contributed by atoms with Crippen LogP contribution in [0.4, 0.5) is 0 Å². The molecule has 0 unspecified atom stereocenters. The quantitative estimate of drug-likeness (QED) is 0.743. The number of hydrogen-bond acceptors (Lipinski definition) is 5. The second kappa shape index (κ2) is 5.40. The summed E-state index contributed by atoms with van der Waals surface area (Å²) in [4.78, 5) is 17.6. The van der Waals surface area contributed by atoms with Crippen LogP contribution in [0, 0.1) is 5.92 Å². The van der Waals surface area contributed by atoms with Crippen molar-refractivity contribution in [1.82, 2.24) is 15.0 Å². The zero-order valence-corrected chi connectivity index (χ0v) is 10.5. The zero-order chi connectivity index (χ0) is 12.3. The Bertz CT molecular complexity index is 381. The molecule has 1 aliphatic heterocycles. The van der Waals surface area contributed by atoms with Crippen molar-refractivity contribution in [1.29, 1.82) is 0 Å². The molecule has 0 aliphatic carbocycles. The highest BCUT2D eigenvalue weighted by Crippen LogP contribution is 2.20. The standard InChI is InChI=1S/C12H19N3O2/c1-3-15-6-4-10(5-7-15)8-11-13-12(9(2)16)17-14-11/h10H,3-8H2,1-2H3. The predicted molar refractivity (Wildman–Crippen MR) is 62.8 cm³/mol. The molecule has 1 aliphatic rings. The number of piperidine rings is 1. The van der Waals surface area contributed by atoms with Gasteiger partial charge in [-0.25, -0.2) is 0 Å². The fraction of sp³-hybridized carbons (Fsp3) is 0.750. The molecule has 17 heavy (non-hydrogen) atoms. The van der Waals surface area contributed by atoms with Gasteiger partial charge in [0.15, 0.2) is 5.82 Å². The molecule has 1 fully saturated rings. The Morgan fingerprint density at radius 3 is 2.71 bits per heavy atom. The second-order valence-electron chi connectivity index (χ2n) is 4.65. The number of nitrogens with zero attached hydrogens (tertiary/aromatic N) is 3. The van der Waals surface area contributed by atoms with Crippen molar-refractivity contribution in [2.45, 2.75) is 33.1 Å². The van der Waals surface area contributed by atoms with Crippen LogP contribution in [-0.2, 0) is 6.42 Å². The number of ketones is 1. The first kappa shape index (κ1) is 12.2. The highest BCUT2D eigenvalue weighted by atomic mass is 16.5. The number of carbonyl (C=O) groups is 1. The normalized spacial score (nSPS) is 18.5. The average Bonchev–Trinajstić information content (AvgIpc) is 2.79. The summed E-state index contributed by atoms with van der Waals surface area (Å²) >= 11 is 0. The van der Waals surface area contributed by atoms with Gasteiger partial charge in [0.25, 0.3) is 5.89 Å². The maximum Gasteiger partial charge on any atom is 0.293 e. The van der Waals surface area contributed by atoms with E-state index in [4.69, 9.17) is 4.52 Å². The molecule has 94 valence electrons. The van der Waals surface area contributed by atoms with Crippen LogP contribution in [0.15, 0.2) is 4.52 Å². The van der Waals surface area contributed by atoms with Crippen LogP contribution in [0.2, 0.25) is 0 Å². The molecule has 0 radical (unpaired) electrons. The third kappa shape index (κ3) is 3.12. The number of Topliss-reactive ketones (excluding diaryl/α,β-unsaturated/α-hetero) is 1. The number of rotatable bonds is 4. The smallest absolute Gasteiger partial charge is 0.293 e. The van der Waals surface area contributed by atoms with Gasteiger partial charge in [-0.1, -0.05) is 12.1 Å². The van der Waals surface area contributed by atoms with E-state index in [0.717, 1.165) is 26.1 Å². The maximum absolute atomic E-state index is 11.0. The lowest BCUT2D eigenvalue weighted by Crippen LogP contribution is -2.34. The van der Waals surface area contributed by atoms with Crippen molar-refractivity contribution >= 4 is 5.78 Å². The van der Waals surface area contributed by atoms with Gasteiger partial charge in [0.2, 0.25) is 5.78 Å². The van der Waals surface area contributed by atoms with Gasteiger partial charge in [-0.05, 0) is 38.4 Å². The summed E-state index contributed by atoms with van der Waals surface area (Å²) in [5, 5.41) is 3.85. The number of likely N-dealkylation sites (tertiary alicyclic amines) is 1. The Morgan fingerprint density at radius 2 is 2.18 bits per heavy atom. The first-order chi connectivity index (χ1) is 8.19. The first-order valence-electron chi connectivity index (χ1n) is 6.25. The van der Waals surface area contributed by atoms with E-state index in [1.807, 2.05) is 0 Å². The molecule has 1 aromatic rings. The Morgan fingerprint density at radius 1 is 1.47 bits per heavy atom. The minimum Gasteiger partial charge on any atom is -0.331 e. The van der Waals surface area contributed by atoms with Gasteiger partial charge in [-0.3, -0.25) is 4.79 Å². The van der Waals surface area contributed by atoms with Crippen molar-refractivity contribution < 1.29 is 9.32 Å². The van der Waals surface area contributed by atoms with E-state index < -0.39 is 0 Å². The van der Waals surface area contributed by atoms with Crippen LogP contribution in [0.3, 0.4) is 0 Å². The summed E-state index contributed by atoms with van der Waals surface area (Å²) in [5.41, 5.74) is 0. The lowest BCUT2D eigenvalue weighted by Gasteiger charge is -2.30. The van der Waals surface area contributed by atoms with Gasteiger partial charge in [-0.15, -0.1) is 0 Å². The molecule has 2 heterocycles. The summed E-state index contributed by atoms with van der Waals surface area (Å²) in [7, 11) is 0. The largest absolute Gasteiger partial charge is 0.331 e. The maximum atomic E-state index is 11.0. The molecular formula is C12H19N3O2. The SMILES string of the molecule is CCN1CCC(Cc2noc(C(C)=O)n2)CC1. The van der Waals surface area contributed by atoms with Gasteiger partial charge in [-0.2, -0.15) is 4.98 Å². The molecule has 5 nitrogen and oxygen atoms in total. The van der Waals surface area contributed by atoms with E-state index in [1.165, 1.54) is 19.8 Å². The molecule has 0 amide bonds. The summed E-state index contributed by atoms with van der Waals surface area (Å²) < 4.78 is 4.89. The van der Waals surface area contributed by atoms with Crippen molar-refractivity contribution in [3.05, 3.63) is 11.7 Å². The van der Waals surface area contributed by atoms with Gasteiger partial charge in [0.1, 0.15) is 0 Å². The highest BCUT2D eigenvalue weighted by molar-refractivity contribution is 5.89. The summed E-state index contributed by atoms with van der Waals surface area (Å²) in [6.07, 6.45) is 3.18. The van der Waals surface area contributed by atoms with Crippen LogP contribution >= 0.6 is 0 Å². The van der Waals surface area contributed by atoms with E-state index in [2.05, 4.69) is 22.0 Å². The van der Waals surface area contributed by atoms with E-state index in [1.54, 1.807) is 0 Å². The van der Waals surface area contributed by atoms with Gasteiger partial charge < -0.3 is 9.42 Å². The van der Waals surface area contributed by atoms with Crippen LogP contribution in [0.25, 0.3) is 0 Å². The van der Waals surface area contributed by atoms with Crippen molar-refractivity contribution in [3.63, 3.8) is 0 Å². The zero-order valence-electron chi connectivity index (χ0n) is 10.5. The molecule has 0 aromatic carbocycles. The minimum atomic E-state index is -0.162. The Balaban J connectivity index is 1.86. The molecule has 1 aromatic heterocycles. The van der Waals surface area contributed by atoms with Crippen molar-refractivity contribution in [3.8, 4) is 0 Å². The molecule has 0 atom stereocenters. The van der Waals surface area contributed by atoms with Gasteiger partial charge >= 0.3 is 0 Å². The summed E-state index contributed by atoms with van der Waals surface area (Å²) in [6, 6.07) is 0. The van der Waals surface area contributed by atoms with E-state index in [-0.39, 0.29) is 11.7 Å². The predicted octanol–water partition coefficient (Wildman–Crippen LogP) is 1.55. The molecule has 0 spiro atoms. The third-order valence-corrected chi connectivity index (χ3v) is 3.39. The number of aromatic nitrogens is 2. The second-order valence-corrected chi connectivity index (χ2v) is 4.65. The monoisotopic (exact) mass is 237 g/mol. The van der Waals surface area contributed by atoms with E-state index in [9.17, 15) is 4.79 Å². The Kier molecular flexibility index (Phi) is 3.89. The summed E-state index contributed by atoms with van der Waals surface area (Å²) in [5.74, 6) is 1.26. The number of hydrogen-bond donors (Lipinski definition) is 0. The Labute approximate surface area is 101 Å². The Hall–Kier alpha value is -1.23. The lowest BCUT2D eigenvalue weighted by atomic mass is 9.93. The third-order valence-electron chi connectivity index (χ3n) is 3.39. The highest BCUT2D eigenvalue weighted by Gasteiger charge is 2.21. The lowest BCUT2D eigenvalue weighted by molar-refractivity contribution is 0.0972. The fourth-order valence-electron chi connectivity index (χ4n) is 2.24. The van der Waals surface area contributed by atoms with Crippen LogP contribution < -0.4 is 0 Å². The summed E-state index contributed by atoms with van der Waals surface area (Å²) in [6.45, 7) is 7.07. The fourth-order valence-corrected chi connectivity index (χ4v) is 2.24. The van der Waals surface area contributed by atoms with Crippen LogP contribution in [0.5, 0.6) is 0 Å². The van der Waals surface area contributed by atoms with Crippen LogP contribution in [0.1, 0.15) is 43.2 Å². The molecule has 5 heteroatoms. The van der Waals surface area contributed by atoms with Gasteiger partial charge in [0.05, 0.1) is 0 Å². The van der Waals surface area contributed by atoms with E-state index in [0.29, 0.717) is 11.7 Å². The average molecular weight is 237 g/mol. The van der Waals surface area contributed by atoms with Crippen molar-refractivity contribution in [2.75, 3.05) is 19.6 Å². The molecular weight excluding hydrogens is 218 g/mol.